The molecule has 0 aliphatic carbocycles. The van der Waals surface area contributed by atoms with Gasteiger partial charge in [0.25, 0.3) is 5.56 Å². The van der Waals surface area contributed by atoms with Gasteiger partial charge in [0.15, 0.2) is 0 Å². The fraction of sp³-hybridized carbons (Fsp3) is 0.107. The van der Waals surface area contributed by atoms with Gasteiger partial charge in [-0.25, -0.2) is 4.98 Å². The maximum atomic E-state index is 12.0. The third kappa shape index (κ3) is 4.32. The number of aromatic nitrogens is 2. The van der Waals surface area contributed by atoms with E-state index in [4.69, 9.17) is 9.47 Å². The number of nitrogens with zero attached hydrogens (tertiary/aromatic N) is 2. The van der Waals surface area contributed by atoms with E-state index < -0.39 is 5.56 Å². The number of nitriles is 1. The highest BCUT2D eigenvalue weighted by atomic mass is 16.5. The number of nitrogens with one attached hydrogen (secondary N) is 1. The van der Waals surface area contributed by atoms with Crippen molar-refractivity contribution in [1.29, 1.82) is 5.26 Å². The van der Waals surface area contributed by atoms with Crippen molar-refractivity contribution in [2.24, 2.45) is 0 Å². The molecule has 0 radical (unpaired) electrons. The molecule has 6 nitrogen and oxygen atoms in total. The van der Waals surface area contributed by atoms with Crippen LogP contribution in [0.4, 0.5) is 0 Å². The summed E-state index contributed by atoms with van der Waals surface area (Å²) in [6.45, 7) is 2.63. The molecule has 2 heterocycles. The van der Waals surface area contributed by atoms with Gasteiger partial charge in [-0.3, -0.25) is 4.79 Å². The summed E-state index contributed by atoms with van der Waals surface area (Å²) in [7, 11) is 0. The predicted molar refractivity (Wildman–Crippen MR) is 131 cm³/mol. The number of H-pyrrole nitrogens is 1. The molecule has 1 N–H and O–H groups in total. The molecule has 0 saturated carbocycles. The number of benzene rings is 3. The van der Waals surface area contributed by atoms with E-state index in [9.17, 15) is 10.1 Å². The predicted octanol–water partition coefficient (Wildman–Crippen LogP) is 5.41. The highest BCUT2D eigenvalue weighted by Gasteiger charge is 2.10. The number of ether oxygens (including phenoxy) is 2. The molecular weight excluding hydrogens is 426 g/mol. The van der Waals surface area contributed by atoms with Gasteiger partial charge in [0.05, 0.1) is 16.7 Å². The molecule has 0 aliphatic heterocycles. The van der Waals surface area contributed by atoms with Gasteiger partial charge in [0, 0.05) is 10.8 Å². The second-order valence-corrected chi connectivity index (χ2v) is 8.01. The molecule has 3 aromatic carbocycles. The molecule has 2 aromatic heterocycles. The molecule has 0 atom stereocenters. The average Bonchev–Trinajstić information content (AvgIpc) is 2.87. The number of aryl methyl sites for hydroxylation is 1. The minimum absolute atomic E-state index is 0.0605. The first kappa shape index (κ1) is 21.2. The molecule has 0 bridgehead atoms. The lowest BCUT2D eigenvalue weighted by molar-refractivity contribution is 0.299. The van der Waals surface area contributed by atoms with Crippen LogP contribution in [0.2, 0.25) is 0 Å². The third-order valence-electron chi connectivity index (χ3n) is 5.67. The molecule has 0 saturated heterocycles. The number of pyridine rings is 2. The lowest BCUT2D eigenvalue weighted by Gasteiger charge is -2.12. The van der Waals surface area contributed by atoms with E-state index >= 15 is 0 Å². The summed E-state index contributed by atoms with van der Waals surface area (Å²) in [5, 5.41) is 11.0. The first-order chi connectivity index (χ1) is 16.6. The monoisotopic (exact) mass is 447 g/mol. The standard InChI is InChI=1S/C28H21N3O3/c1-18-6-13-26(24-14-21(15-29)28(32)31-27(18)24)34-16-19-7-11-23(12-8-19)33-17-22-10-9-20-4-2-3-5-25(20)30-22/h2-14H,16-17H2,1H3,(H,31,32). The molecule has 6 heteroatoms. The molecule has 0 aliphatic rings. The molecule has 0 unspecified atom stereocenters. The van der Waals surface area contributed by atoms with E-state index in [0.717, 1.165) is 33.5 Å². The molecule has 34 heavy (non-hydrogen) atoms. The Morgan fingerprint density at radius 1 is 0.941 bits per heavy atom. The molecular formula is C28H21N3O3. The molecule has 5 aromatic rings. The van der Waals surface area contributed by atoms with Gasteiger partial charge >= 0.3 is 0 Å². The minimum atomic E-state index is -0.398. The normalized spacial score (nSPS) is 10.8. The van der Waals surface area contributed by atoms with Crippen LogP contribution in [-0.2, 0) is 13.2 Å². The summed E-state index contributed by atoms with van der Waals surface area (Å²) >= 11 is 0. The molecule has 0 spiro atoms. The lowest BCUT2D eigenvalue weighted by Crippen LogP contribution is -2.10. The SMILES string of the molecule is Cc1ccc(OCc2ccc(OCc3ccc4ccccc4n3)cc2)c2cc(C#N)c(=O)[nH]c12. The maximum Gasteiger partial charge on any atom is 0.266 e. The highest BCUT2D eigenvalue weighted by Crippen LogP contribution is 2.28. The highest BCUT2D eigenvalue weighted by molar-refractivity contribution is 5.88. The van der Waals surface area contributed by atoms with Gasteiger partial charge in [0.1, 0.15) is 36.3 Å². The molecule has 0 fully saturated rings. The van der Waals surface area contributed by atoms with Crippen LogP contribution in [0.5, 0.6) is 11.5 Å². The Morgan fingerprint density at radius 3 is 2.59 bits per heavy atom. The zero-order chi connectivity index (χ0) is 23.5. The van der Waals surface area contributed by atoms with Gasteiger partial charge < -0.3 is 14.5 Å². The van der Waals surface area contributed by atoms with E-state index in [0.29, 0.717) is 29.9 Å². The largest absolute Gasteiger partial charge is 0.488 e. The Morgan fingerprint density at radius 2 is 1.76 bits per heavy atom. The van der Waals surface area contributed by atoms with Crippen molar-refractivity contribution >= 4 is 21.8 Å². The summed E-state index contributed by atoms with van der Waals surface area (Å²) in [5.74, 6) is 1.35. The van der Waals surface area contributed by atoms with Crippen molar-refractivity contribution in [3.63, 3.8) is 0 Å². The number of rotatable bonds is 6. The van der Waals surface area contributed by atoms with Crippen molar-refractivity contribution in [3.05, 3.63) is 112 Å². The average molecular weight is 447 g/mol. The summed E-state index contributed by atoms with van der Waals surface area (Å²) < 4.78 is 11.9. The maximum absolute atomic E-state index is 12.0. The summed E-state index contributed by atoms with van der Waals surface area (Å²) in [6, 6.07) is 27.0. The fourth-order valence-electron chi connectivity index (χ4n) is 3.81. The van der Waals surface area contributed by atoms with Gasteiger partial charge in [0.2, 0.25) is 0 Å². The Kier molecular flexibility index (Phi) is 5.67. The van der Waals surface area contributed by atoms with Crippen molar-refractivity contribution in [1.82, 2.24) is 9.97 Å². The van der Waals surface area contributed by atoms with Crippen LogP contribution in [0.1, 0.15) is 22.4 Å². The first-order valence-electron chi connectivity index (χ1n) is 10.9. The van der Waals surface area contributed by atoms with E-state index in [1.54, 1.807) is 6.07 Å². The Labute approximate surface area is 196 Å². The second-order valence-electron chi connectivity index (χ2n) is 8.01. The summed E-state index contributed by atoms with van der Waals surface area (Å²) in [6.07, 6.45) is 0. The molecule has 5 rings (SSSR count). The van der Waals surface area contributed by atoms with E-state index in [-0.39, 0.29) is 5.56 Å². The lowest BCUT2D eigenvalue weighted by atomic mass is 10.1. The van der Waals surface area contributed by atoms with Crippen LogP contribution in [0.3, 0.4) is 0 Å². The number of para-hydroxylation sites is 1. The Bertz CT molecular complexity index is 1600. The third-order valence-corrected chi connectivity index (χ3v) is 5.67. The summed E-state index contributed by atoms with van der Waals surface area (Å²) in [5.41, 5.74) is 4.03. The van der Waals surface area contributed by atoms with Crippen LogP contribution in [0.25, 0.3) is 21.8 Å². The van der Waals surface area contributed by atoms with E-state index in [1.165, 1.54) is 0 Å². The number of fused-ring (bicyclic) bond motifs is 2. The van der Waals surface area contributed by atoms with Crippen LogP contribution in [-0.4, -0.2) is 9.97 Å². The van der Waals surface area contributed by atoms with E-state index in [1.807, 2.05) is 85.8 Å². The van der Waals surface area contributed by atoms with Gasteiger partial charge in [-0.05, 0) is 54.4 Å². The zero-order valence-corrected chi connectivity index (χ0v) is 18.5. The van der Waals surface area contributed by atoms with Crippen molar-refractivity contribution in [3.8, 4) is 17.6 Å². The first-order valence-corrected chi connectivity index (χ1v) is 10.9. The smallest absolute Gasteiger partial charge is 0.266 e. The topological polar surface area (TPSA) is 88.0 Å². The minimum Gasteiger partial charge on any atom is -0.488 e. The Hall–Kier alpha value is -4.63. The van der Waals surface area contributed by atoms with Gasteiger partial charge in [-0.15, -0.1) is 0 Å². The second kappa shape index (κ2) is 9.08. The Balaban J connectivity index is 1.26. The number of hydrogen-bond donors (Lipinski definition) is 1. The van der Waals surface area contributed by atoms with Gasteiger partial charge in [-0.2, -0.15) is 5.26 Å². The van der Waals surface area contributed by atoms with Crippen molar-refractivity contribution in [2.45, 2.75) is 20.1 Å². The number of hydrogen-bond acceptors (Lipinski definition) is 5. The number of aromatic amines is 1. The van der Waals surface area contributed by atoms with Gasteiger partial charge in [-0.1, -0.05) is 42.5 Å². The van der Waals surface area contributed by atoms with Crippen LogP contribution >= 0.6 is 0 Å². The van der Waals surface area contributed by atoms with E-state index in [2.05, 4.69) is 9.97 Å². The molecule has 0 amide bonds. The summed E-state index contributed by atoms with van der Waals surface area (Å²) in [4.78, 5) is 19.4. The van der Waals surface area contributed by atoms with Crippen molar-refractivity contribution < 1.29 is 9.47 Å². The van der Waals surface area contributed by atoms with Crippen molar-refractivity contribution in [2.75, 3.05) is 0 Å². The molecule has 166 valence electrons. The fourth-order valence-corrected chi connectivity index (χ4v) is 3.81. The van der Waals surface area contributed by atoms with Crippen LogP contribution in [0.15, 0.2) is 83.7 Å². The van der Waals surface area contributed by atoms with Crippen LogP contribution < -0.4 is 15.0 Å². The quantitative estimate of drug-likeness (QED) is 0.376. The van der Waals surface area contributed by atoms with Crippen LogP contribution in [0, 0.1) is 18.3 Å². The zero-order valence-electron chi connectivity index (χ0n) is 18.5.